The molecular formula is C14H23NO. The second-order valence-electron chi connectivity index (χ2n) is 4.10. The van der Waals surface area contributed by atoms with E-state index in [2.05, 4.69) is 44.3 Å². The average molecular weight is 221 g/mol. The third kappa shape index (κ3) is 4.67. The lowest BCUT2D eigenvalue weighted by Gasteiger charge is -2.13. The van der Waals surface area contributed by atoms with Gasteiger partial charge in [0.25, 0.3) is 0 Å². The third-order valence-corrected chi connectivity index (χ3v) is 2.68. The summed E-state index contributed by atoms with van der Waals surface area (Å²) in [6, 6.07) is 8.87. The van der Waals surface area contributed by atoms with Gasteiger partial charge in [-0.3, -0.25) is 0 Å². The molecule has 1 N–H and O–H groups in total. The van der Waals surface area contributed by atoms with Crippen molar-refractivity contribution in [3.05, 3.63) is 29.8 Å². The Morgan fingerprint density at radius 2 is 2.12 bits per heavy atom. The molecule has 2 nitrogen and oxygen atoms in total. The van der Waals surface area contributed by atoms with Gasteiger partial charge in [0.05, 0.1) is 6.61 Å². The number of nitrogens with one attached hydrogen (secondary N) is 1. The molecule has 1 atom stereocenters. The largest absolute Gasteiger partial charge is 0.494 e. The maximum absolute atomic E-state index is 5.73. The second kappa shape index (κ2) is 7.29. The molecule has 0 aliphatic carbocycles. The molecule has 0 fully saturated rings. The molecule has 2 heteroatoms. The van der Waals surface area contributed by atoms with E-state index in [1.807, 2.05) is 6.07 Å². The van der Waals surface area contributed by atoms with Gasteiger partial charge in [-0.25, -0.2) is 0 Å². The smallest absolute Gasteiger partial charge is 0.119 e. The van der Waals surface area contributed by atoms with Gasteiger partial charge in [-0.05, 0) is 44.0 Å². The lowest BCUT2D eigenvalue weighted by Crippen LogP contribution is -2.27. The van der Waals surface area contributed by atoms with Crippen molar-refractivity contribution in [2.45, 2.75) is 39.7 Å². The van der Waals surface area contributed by atoms with Crippen LogP contribution in [0, 0.1) is 0 Å². The lowest BCUT2D eigenvalue weighted by atomic mass is 10.2. The van der Waals surface area contributed by atoms with Crippen LogP contribution >= 0.6 is 0 Å². The van der Waals surface area contributed by atoms with Crippen LogP contribution in [0.25, 0.3) is 0 Å². The van der Waals surface area contributed by atoms with Crippen LogP contribution in [0.5, 0.6) is 5.75 Å². The fourth-order valence-electron chi connectivity index (χ4n) is 1.66. The number of aryl methyl sites for hydroxylation is 1. The Balaban J connectivity index is 2.31. The summed E-state index contributed by atoms with van der Waals surface area (Å²) in [7, 11) is 0. The summed E-state index contributed by atoms with van der Waals surface area (Å²) in [5, 5.41) is 3.37. The van der Waals surface area contributed by atoms with E-state index in [4.69, 9.17) is 4.74 Å². The molecule has 1 aromatic rings. The molecule has 0 aliphatic heterocycles. The number of ether oxygens (including phenoxy) is 1. The van der Waals surface area contributed by atoms with Crippen LogP contribution in [0.2, 0.25) is 0 Å². The molecular weight excluding hydrogens is 198 g/mol. The van der Waals surface area contributed by atoms with Crippen LogP contribution in [-0.2, 0) is 6.42 Å². The average Bonchev–Trinajstić information content (AvgIpc) is 2.30. The second-order valence-corrected chi connectivity index (χ2v) is 4.10. The third-order valence-electron chi connectivity index (χ3n) is 2.68. The van der Waals surface area contributed by atoms with E-state index in [1.165, 1.54) is 5.56 Å². The van der Waals surface area contributed by atoms with Crippen LogP contribution in [0.15, 0.2) is 24.3 Å². The highest BCUT2D eigenvalue weighted by Crippen LogP contribution is 2.13. The topological polar surface area (TPSA) is 21.3 Å². The van der Waals surface area contributed by atoms with Gasteiger partial charge >= 0.3 is 0 Å². The highest BCUT2D eigenvalue weighted by atomic mass is 16.5. The molecule has 0 bridgehead atoms. The first kappa shape index (κ1) is 13.0. The van der Waals surface area contributed by atoms with Crippen molar-refractivity contribution in [2.75, 3.05) is 13.2 Å². The summed E-state index contributed by atoms with van der Waals surface area (Å²) < 4.78 is 5.73. The van der Waals surface area contributed by atoms with E-state index in [9.17, 15) is 0 Å². The van der Waals surface area contributed by atoms with Crippen molar-refractivity contribution in [2.24, 2.45) is 0 Å². The first-order valence-electron chi connectivity index (χ1n) is 6.21. The Bertz CT molecular complexity index is 299. The van der Waals surface area contributed by atoms with Crippen LogP contribution in [0.3, 0.4) is 0 Å². The van der Waals surface area contributed by atoms with Gasteiger partial charge in [-0.1, -0.05) is 26.0 Å². The Hall–Kier alpha value is -1.02. The quantitative estimate of drug-likeness (QED) is 0.764. The van der Waals surface area contributed by atoms with Crippen molar-refractivity contribution in [3.63, 3.8) is 0 Å². The molecule has 0 saturated heterocycles. The molecule has 90 valence electrons. The zero-order chi connectivity index (χ0) is 11.8. The minimum Gasteiger partial charge on any atom is -0.494 e. The summed E-state index contributed by atoms with van der Waals surface area (Å²) in [5.41, 5.74) is 1.33. The number of hydrogen-bond donors (Lipinski definition) is 1. The highest BCUT2D eigenvalue weighted by Gasteiger charge is 2.00. The lowest BCUT2D eigenvalue weighted by molar-refractivity contribution is 0.291. The maximum Gasteiger partial charge on any atom is 0.119 e. The molecule has 0 aliphatic rings. The summed E-state index contributed by atoms with van der Waals surface area (Å²) in [4.78, 5) is 0. The van der Waals surface area contributed by atoms with Crippen molar-refractivity contribution in [3.8, 4) is 5.75 Å². The summed E-state index contributed by atoms with van der Waals surface area (Å²) in [5.74, 6) is 0.989. The maximum atomic E-state index is 5.73. The van der Waals surface area contributed by atoms with Crippen molar-refractivity contribution in [1.29, 1.82) is 0 Å². The summed E-state index contributed by atoms with van der Waals surface area (Å²) in [6.07, 6.45) is 2.11. The van der Waals surface area contributed by atoms with Crippen molar-refractivity contribution < 1.29 is 4.74 Å². The Kier molecular flexibility index (Phi) is 5.94. The predicted octanol–water partition coefficient (Wildman–Crippen LogP) is 3.02. The van der Waals surface area contributed by atoms with E-state index in [0.29, 0.717) is 6.04 Å². The van der Waals surface area contributed by atoms with Gasteiger partial charge in [-0.2, -0.15) is 0 Å². The fourth-order valence-corrected chi connectivity index (χ4v) is 1.66. The number of rotatable bonds is 7. The molecule has 0 amide bonds. The minimum absolute atomic E-state index is 0.527. The monoisotopic (exact) mass is 221 g/mol. The van der Waals surface area contributed by atoms with Gasteiger partial charge in [0.2, 0.25) is 0 Å². The molecule has 0 aromatic heterocycles. The van der Waals surface area contributed by atoms with Crippen LogP contribution in [0.4, 0.5) is 0 Å². The van der Waals surface area contributed by atoms with Gasteiger partial charge in [-0.15, -0.1) is 0 Å². The van der Waals surface area contributed by atoms with E-state index in [0.717, 1.165) is 31.7 Å². The van der Waals surface area contributed by atoms with E-state index in [-0.39, 0.29) is 0 Å². The Morgan fingerprint density at radius 3 is 2.81 bits per heavy atom. The van der Waals surface area contributed by atoms with Gasteiger partial charge < -0.3 is 10.1 Å². The van der Waals surface area contributed by atoms with Gasteiger partial charge in [0, 0.05) is 6.04 Å². The zero-order valence-corrected chi connectivity index (χ0v) is 10.6. The molecule has 1 aromatic carbocycles. The predicted molar refractivity (Wildman–Crippen MR) is 69.1 cm³/mol. The van der Waals surface area contributed by atoms with Crippen LogP contribution < -0.4 is 10.1 Å². The number of benzene rings is 1. The van der Waals surface area contributed by atoms with E-state index >= 15 is 0 Å². The summed E-state index contributed by atoms with van der Waals surface area (Å²) in [6.45, 7) is 8.28. The first-order valence-corrected chi connectivity index (χ1v) is 6.21. The standard InChI is InChI=1S/C14H23NO/c1-4-13-7-6-8-14(11-13)16-10-9-12(3)15-5-2/h6-8,11-12,15H,4-5,9-10H2,1-3H3. The molecule has 0 heterocycles. The Morgan fingerprint density at radius 1 is 1.31 bits per heavy atom. The Labute approximate surface area is 99.0 Å². The number of hydrogen-bond acceptors (Lipinski definition) is 2. The normalized spacial score (nSPS) is 12.4. The minimum atomic E-state index is 0.527. The van der Waals surface area contributed by atoms with Gasteiger partial charge in [0.15, 0.2) is 0 Å². The van der Waals surface area contributed by atoms with Gasteiger partial charge in [0.1, 0.15) is 5.75 Å². The zero-order valence-electron chi connectivity index (χ0n) is 10.6. The molecule has 0 saturated carbocycles. The fraction of sp³-hybridized carbons (Fsp3) is 0.571. The molecule has 1 unspecified atom stereocenters. The van der Waals surface area contributed by atoms with E-state index < -0.39 is 0 Å². The van der Waals surface area contributed by atoms with E-state index in [1.54, 1.807) is 0 Å². The molecule has 1 rings (SSSR count). The van der Waals surface area contributed by atoms with Crippen molar-refractivity contribution in [1.82, 2.24) is 5.32 Å². The summed E-state index contributed by atoms with van der Waals surface area (Å²) >= 11 is 0. The SMILES string of the molecule is CCNC(C)CCOc1cccc(CC)c1. The highest BCUT2D eigenvalue weighted by molar-refractivity contribution is 5.28. The molecule has 0 radical (unpaired) electrons. The first-order chi connectivity index (χ1) is 7.76. The van der Waals surface area contributed by atoms with Crippen LogP contribution in [0.1, 0.15) is 32.8 Å². The molecule has 16 heavy (non-hydrogen) atoms. The van der Waals surface area contributed by atoms with Crippen molar-refractivity contribution >= 4 is 0 Å². The van der Waals surface area contributed by atoms with Crippen LogP contribution in [-0.4, -0.2) is 19.2 Å². The molecule has 0 spiro atoms.